The van der Waals surface area contributed by atoms with Crippen LogP contribution in [0.5, 0.6) is 0 Å². The number of hydrogen-bond acceptors (Lipinski definition) is 3. The summed E-state index contributed by atoms with van der Waals surface area (Å²) < 4.78 is 0. The predicted molar refractivity (Wildman–Crippen MR) is 64.4 cm³/mol. The summed E-state index contributed by atoms with van der Waals surface area (Å²) in [6.07, 6.45) is 5.71. The van der Waals surface area contributed by atoms with E-state index in [2.05, 4.69) is 11.2 Å². The van der Waals surface area contributed by atoms with E-state index in [1.807, 2.05) is 19.9 Å². The van der Waals surface area contributed by atoms with Gasteiger partial charge in [0.15, 0.2) is 0 Å². The third-order valence-electron chi connectivity index (χ3n) is 2.18. The first-order chi connectivity index (χ1) is 7.54. The Morgan fingerprint density at radius 2 is 2.31 bits per heavy atom. The smallest absolute Gasteiger partial charge is 0.292 e. The fraction of sp³-hybridized carbons (Fsp3) is 0.333. The molecule has 0 aromatic heterocycles. The van der Waals surface area contributed by atoms with E-state index in [0.717, 1.165) is 5.56 Å². The van der Waals surface area contributed by atoms with Gasteiger partial charge in [-0.05, 0) is 25.5 Å². The summed E-state index contributed by atoms with van der Waals surface area (Å²) >= 11 is 0. The van der Waals surface area contributed by atoms with E-state index in [1.54, 1.807) is 12.1 Å². The molecule has 0 bridgehead atoms. The Bertz CT molecular complexity index is 435. The second kappa shape index (κ2) is 5.17. The SMILES string of the molecule is C#CCC(C)Nc1ccc(C)cc1[N+](=O)[O-]. The minimum atomic E-state index is -0.391. The van der Waals surface area contributed by atoms with Gasteiger partial charge in [0.25, 0.3) is 5.69 Å². The molecule has 1 rings (SSSR count). The van der Waals surface area contributed by atoms with E-state index in [-0.39, 0.29) is 11.7 Å². The van der Waals surface area contributed by atoms with Crippen LogP contribution < -0.4 is 5.32 Å². The molecule has 0 fully saturated rings. The van der Waals surface area contributed by atoms with Crippen LogP contribution in [0.25, 0.3) is 0 Å². The third kappa shape index (κ3) is 2.99. The molecule has 1 unspecified atom stereocenters. The Morgan fingerprint density at radius 3 is 2.88 bits per heavy atom. The minimum Gasteiger partial charge on any atom is -0.376 e. The molecule has 0 aliphatic heterocycles. The van der Waals surface area contributed by atoms with Gasteiger partial charge >= 0.3 is 0 Å². The number of anilines is 1. The second-order valence-corrected chi connectivity index (χ2v) is 3.73. The normalized spacial score (nSPS) is 11.6. The lowest BCUT2D eigenvalue weighted by atomic mass is 10.1. The maximum Gasteiger partial charge on any atom is 0.292 e. The molecule has 0 aliphatic rings. The van der Waals surface area contributed by atoms with Crippen LogP contribution in [0.4, 0.5) is 11.4 Å². The number of rotatable bonds is 4. The zero-order valence-electron chi connectivity index (χ0n) is 9.36. The van der Waals surface area contributed by atoms with Gasteiger partial charge in [0.1, 0.15) is 5.69 Å². The van der Waals surface area contributed by atoms with E-state index in [0.29, 0.717) is 12.1 Å². The highest BCUT2D eigenvalue weighted by molar-refractivity contribution is 5.62. The zero-order valence-corrected chi connectivity index (χ0v) is 9.36. The van der Waals surface area contributed by atoms with Crippen molar-refractivity contribution in [2.75, 3.05) is 5.32 Å². The molecule has 1 atom stereocenters. The van der Waals surface area contributed by atoms with Crippen LogP contribution in [0.1, 0.15) is 18.9 Å². The molecule has 0 aliphatic carbocycles. The summed E-state index contributed by atoms with van der Waals surface area (Å²) in [7, 11) is 0. The van der Waals surface area contributed by atoms with E-state index >= 15 is 0 Å². The lowest BCUT2D eigenvalue weighted by molar-refractivity contribution is -0.384. The number of benzene rings is 1. The third-order valence-corrected chi connectivity index (χ3v) is 2.18. The molecule has 0 saturated carbocycles. The molecule has 4 nitrogen and oxygen atoms in total. The average Bonchev–Trinajstić information content (AvgIpc) is 2.20. The van der Waals surface area contributed by atoms with Gasteiger partial charge in [-0.3, -0.25) is 10.1 Å². The quantitative estimate of drug-likeness (QED) is 0.480. The van der Waals surface area contributed by atoms with Crippen LogP contribution in [0.2, 0.25) is 0 Å². The van der Waals surface area contributed by atoms with Crippen LogP contribution in [0.3, 0.4) is 0 Å². The van der Waals surface area contributed by atoms with E-state index < -0.39 is 4.92 Å². The van der Waals surface area contributed by atoms with Gasteiger partial charge in [-0.2, -0.15) is 0 Å². The van der Waals surface area contributed by atoms with Gasteiger partial charge in [-0.25, -0.2) is 0 Å². The summed E-state index contributed by atoms with van der Waals surface area (Å²) in [4.78, 5) is 10.4. The van der Waals surface area contributed by atoms with Crippen molar-refractivity contribution < 1.29 is 4.92 Å². The first kappa shape index (κ1) is 12.1. The van der Waals surface area contributed by atoms with Crippen LogP contribution in [0, 0.1) is 29.4 Å². The first-order valence-electron chi connectivity index (χ1n) is 4.99. The molecular formula is C12H14N2O2. The molecule has 1 N–H and O–H groups in total. The number of hydrogen-bond donors (Lipinski definition) is 1. The fourth-order valence-corrected chi connectivity index (χ4v) is 1.41. The number of nitrogens with zero attached hydrogens (tertiary/aromatic N) is 1. The summed E-state index contributed by atoms with van der Waals surface area (Å²) in [5.74, 6) is 2.52. The molecule has 0 spiro atoms. The summed E-state index contributed by atoms with van der Waals surface area (Å²) in [5, 5.41) is 13.9. The van der Waals surface area contributed by atoms with E-state index in [4.69, 9.17) is 6.42 Å². The minimum absolute atomic E-state index is 0.0198. The highest BCUT2D eigenvalue weighted by atomic mass is 16.6. The van der Waals surface area contributed by atoms with Crippen molar-refractivity contribution in [1.82, 2.24) is 0 Å². The van der Waals surface area contributed by atoms with Gasteiger partial charge in [0, 0.05) is 18.5 Å². The standard InChI is InChI=1S/C12H14N2O2/c1-4-5-10(3)13-11-7-6-9(2)8-12(11)14(15)16/h1,6-8,10,13H,5H2,2-3H3. The van der Waals surface area contributed by atoms with Crippen LogP contribution in [0.15, 0.2) is 18.2 Å². The van der Waals surface area contributed by atoms with Gasteiger partial charge in [0.2, 0.25) is 0 Å². The number of nitro benzene ring substituents is 1. The number of aryl methyl sites for hydroxylation is 1. The number of terminal acetylenes is 1. The summed E-state index contributed by atoms with van der Waals surface area (Å²) in [6.45, 7) is 3.71. The highest BCUT2D eigenvalue weighted by Crippen LogP contribution is 2.26. The second-order valence-electron chi connectivity index (χ2n) is 3.73. The molecule has 1 aromatic rings. The monoisotopic (exact) mass is 218 g/mol. The molecule has 0 radical (unpaired) electrons. The molecule has 16 heavy (non-hydrogen) atoms. The van der Waals surface area contributed by atoms with Crippen LogP contribution in [-0.4, -0.2) is 11.0 Å². The Labute approximate surface area is 94.8 Å². The first-order valence-corrected chi connectivity index (χ1v) is 4.99. The molecule has 0 heterocycles. The Hall–Kier alpha value is -2.02. The Morgan fingerprint density at radius 1 is 1.62 bits per heavy atom. The molecular weight excluding hydrogens is 204 g/mol. The zero-order chi connectivity index (χ0) is 12.1. The maximum absolute atomic E-state index is 10.8. The van der Waals surface area contributed by atoms with Crippen molar-refractivity contribution in [2.45, 2.75) is 26.3 Å². The van der Waals surface area contributed by atoms with Crippen molar-refractivity contribution in [3.8, 4) is 12.3 Å². The average molecular weight is 218 g/mol. The molecule has 1 aromatic carbocycles. The van der Waals surface area contributed by atoms with Crippen LogP contribution in [-0.2, 0) is 0 Å². The number of nitro groups is 1. The largest absolute Gasteiger partial charge is 0.376 e. The molecule has 0 saturated heterocycles. The Kier molecular flexibility index (Phi) is 3.90. The highest BCUT2D eigenvalue weighted by Gasteiger charge is 2.14. The van der Waals surface area contributed by atoms with E-state index in [9.17, 15) is 10.1 Å². The molecule has 4 heteroatoms. The van der Waals surface area contributed by atoms with Crippen molar-refractivity contribution in [3.63, 3.8) is 0 Å². The lowest BCUT2D eigenvalue weighted by Gasteiger charge is -2.12. The van der Waals surface area contributed by atoms with Crippen molar-refractivity contribution in [2.24, 2.45) is 0 Å². The van der Waals surface area contributed by atoms with Gasteiger partial charge in [-0.15, -0.1) is 12.3 Å². The van der Waals surface area contributed by atoms with Gasteiger partial charge in [-0.1, -0.05) is 6.07 Å². The predicted octanol–water partition coefficient (Wildman–Crippen LogP) is 2.73. The van der Waals surface area contributed by atoms with Gasteiger partial charge in [0.05, 0.1) is 4.92 Å². The molecule has 0 amide bonds. The molecule has 84 valence electrons. The van der Waals surface area contributed by atoms with Crippen molar-refractivity contribution in [1.29, 1.82) is 0 Å². The Balaban J connectivity index is 2.96. The topological polar surface area (TPSA) is 55.2 Å². The fourth-order valence-electron chi connectivity index (χ4n) is 1.41. The summed E-state index contributed by atoms with van der Waals surface area (Å²) in [6, 6.07) is 5.11. The van der Waals surface area contributed by atoms with Gasteiger partial charge < -0.3 is 5.32 Å². The van der Waals surface area contributed by atoms with E-state index in [1.165, 1.54) is 0 Å². The summed E-state index contributed by atoms with van der Waals surface area (Å²) in [5.41, 5.74) is 1.46. The number of nitrogens with one attached hydrogen (secondary N) is 1. The van der Waals surface area contributed by atoms with Crippen LogP contribution >= 0.6 is 0 Å². The van der Waals surface area contributed by atoms with Crippen molar-refractivity contribution >= 4 is 11.4 Å². The maximum atomic E-state index is 10.8. The lowest BCUT2D eigenvalue weighted by Crippen LogP contribution is -2.15. The van der Waals surface area contributed by atoms with Crippen molar-refractivity contribution in [3.05, 3.63) is 33.9 Å².